The molecule has 6 nitrogen and oxygen atoms in total. The second-order valence-corrected chi connectivity index (χ2v) is 7.69. The highest BCUT2D eigenvalue weighted by atomic mass is 35.5. The zero-order valence-electron chi connectivity index (χ0n) is 15.1. The molecule has 0 atom stereocenters. The van der Waals surface area contributed by atoms with Crippen molar-refractivity contribution in [1.82, 2.24) is 15.0 Å². The molecule has 0 saturated carbocycles. The van der Waals surface area contributed by atoms with E-state index in [-0.39, 0.29) is 12.1 Å². The fourth-order valence-electron chi connectivity index (χ4n) is 2.77. The van der Waals surface area contributed by atoms with Gasteiger partial charge in [0, 0.05) is 9.90 Å². The highest BCUT2D eigenvalue weighted by molar-refractivity contribution is 7.21. The molecule has 1 N–H and O–H groups in total. The summed E-state index contributed by atoms with van der Waals surface area (Å²) in [6.07, 6.45) is 2.87. The monoisotopic (exact) mass is 422 g/mol. The molecular formula is C21H15ClN4O2S. The van der Waals surface area contributed by atoms with E-state index >= 15 is 0 Å². The van der Waals surface area contributed by atoms with Gasteiger partial charge >= 0.3 is 0 Å². The van der Waals surface area contributed by atoms with Crippen molar-refractivity contribution in [3.8, 4) is 10.4 Å². The van der Waals surface area contributed by atoms with Gasteiger partial charge in [0.1, 0.15) is 11.4 Å². The molecule has 0 unspecified atom stereocenters. The highest BCUT2D eigenvalue weighted by Gasteiger charge is 2.12. The number of halogens is 1. The number of hydrogen-bond donors (Lipinski definition) is 1. The SMILES string of the molecule is O=C(Cn1cnc2sc(-c3ccccc3)cc2c1=O)N/N=C/c1cccc(Cl)c1. The molecule has 0 aliphatic carbocycles. The van der Waals surface area contributed by atoms with E-state index in [0.29, 0.717) is 15.2 Å². The molecule has 0 spiro atoms. The van der Waals surface area contributed by atoms with Crippen LogP contribution in [0.15, 0.2) is 76.9 Å². The largest absolute Gasteiger partial charge is 0.289 e. The minimum absolute atomic E-state index is 0.175. The lowest BCUT2D eigenvalue weighted by atomic mass is 10.2. The smallest absolute Gasteiger partial charge is 0.262 e. The summed E-state index contributed by atoms with van der Waals surface area (Å²) >= 11 is 7.35. The third-order valence-electron chi connectivity index (χ3n) is 4.14. The van der Waals surface area contributed by atoms with Crippen molar-refractivity contribution in [1.29, 1.82) is 0 Å². The Morgan fingerprint density at radius 3 is 2.79 bits per heavy atom. The van der Waals surface area contributed by atoms with E-state index in [2.05, 4.69) is 15.5 Å². The zero-order valence-corrected chi connectivity index (χ0v) is 16.7. The fourth-order valence-corrected chi connectivity index (χ4v) is 3.97. The zero-order chi connectivity index (χ0) is 20.2. The van der Waals surface area contributed by atoms with Crippen molar-refractivity contribution in [2.45, 2.75) is 6.54 Å². The lowest BCUT2D eigenvalue weighted by Crippen LogP contribution is -2.29. The summed E-state index contributed by atoms with van der Waals surface area (Å²) in [5.41, 5.74) is 3.92. The third kappa shape index (κ3) is 4.42. The first-order valence-corrected chi connectivity index (χ1v) is 9.91. The molecule has 0 bridgehead atoms. The van der Waals surface area contributed by atoms with Gasteiger partial charge in [0.15, 0.2) is 0 Å². The number of nitrogens with zero attached hydrogens (tertiary/aromatic N) is 3. The van der Waals surface area contributed by atoms with E-state index in [1.807, 2.05) is 42.5 Å². The van der Waals surface area contributed by atoms with Crippen LogP contribution in [0.25, 0.3) is 20.7 Å². The molecular weight excluding hydrogens is 408 g/mol. The fraction of sp³-hybridized carbons (Fsp3) is 0.0476. The number of thiophene rings is 1. The topological polar surface area (TPSA) is 76.3 Å². The van der Waals surface area contributed by atoms with Crippen molar-refractivity contribution >= 4 is 45.3 Å². The van der Waals surface area contributed by atoms with Gasteiger partial charge in [0.25, 0.3) is 11.5 Å². The van der Waals surface area contributed by atoms with Crippen LogP contribution in [0.4, 0.5) is 0 Å². The summed E-state index contributed by atoms with van der Waals surface area (Å²) < 4.78 is 1.27. The molecule has 0 radical (unpaired) electrons. The molecule has 1 amide bonds. The Balaban J connectivity index is 1.50. The number of rotatable bonds is 5. The number of aromatic nitrogens is 2. The average Bonchev–Trinajstić information content (AvgIpc) is 3.16. The molecule has 144 valence electrons. The van der Waals surface area contributed by atoms with E-state index < -0.39 is 5.91 Å². The van der Waals surface area contributed by atoms with Gasteiger partial charge in [-0.25, -0.2) is 10.4 Å². The van der Waals surface area contributed by atoms with Crippen molar-refractivity contribution < 1.29 is 4.79 Å². The Morgan fingerprint density at radius 1 is 1.17 bits per heavy atom. The van der Waals surface area contributed by atoms with Crippen molar-refractivity contribution in [3.63, 3.8) is 0 Å². The van der Waals surface area contributed by atoms with Crippen LogP contribution in [0, 0.1) is 0 Å². The van der Waals surface area contributed by atoms with E-state index in [4.69, 9.17) is 11.6 Å². The quantitative estimate of drug-likeness (QED) is 0.391. The Bertz CT molecular complexity index is 1260. The lowest BCUT2D eigenvalue weighted by molar-refractivity contribution is -0.121. The standard InChI is InChI=1S/C21H15ClN4O2S/c22-16-8-4-5-14(9-16)11-24-25-19(27)12-26-13-23-20-17(21(26)28)10-18(29-20)15-6-2-1-3-7-15/h1-11,13H,12H2,(H,25,27)/b24-11+. The van der Waals surface area contributed by atoms with Gasteiger partial charge in [-0.3, -0.25) is 14.2 Å². The predicted molar refractivity (Wildman–Crippen MR) is 117 cm³/mol. The van der Waals surface area contributed by atoms with Gasteiger partial charge in [0.2, 0.25) is 0 Å². The summed E-state index contributed by atoms with van der Waals surface area (Å²) in [4.78, 5) is 30.8. The van der Waals surface area contributed by atoms with Crippen molar-refractivity contribution in [3.05, 3.63) is 87.9 Å². The van der Waals surface area contributed by atoms with Gasteiger partial charge in [-0.2, -0.15) is 5.10 Å². The van der Waals surface area contributed by atoms with Gasteiger partial charge in [-0.15, -0.1) is 11.3 Å². The van der Waals surface area contributed by atoms with Crippen LogP contribution < -0.4 is 11.0 Å². The predicted octanol–water partition coefficient (Wildman–Crippen LogP) is 3.93. The van der Waals surface area contributed by atoms with Crippen LogP contribution in [0.2, 0.25) is 5.02 Å². The number of fused-ring (bicyclic) bond motifs is 1. The van der Waals surface area contributed by atoms with Crippen LogP contribution in [0.5, 0.6) is 0 Å². The molecule has 4 aromatic rings. The first-order valence-electron chi connectivity index (χ1n) is 8.72. The normalized spacial score (nSPS) is 11.2. The number of carbonyl (C=O) groups is 1. The Hall–Kier alpha value is -3.29. The second-order valence-electron chi connectivity index (χ2n) is 6.22. The molecule has 8 heteroatoms. The first-order chi connectivity index (χ1) is 14.1. The molecule has 2 heterocycles. The number of nitrogens with one attached hydrogen (secondary N) is 1. The van der Waals surface area contributed by atoms with Crippen LogP contribution in [0.3, 0.4) is 0 Å². The average molecular weight is 423 g/mol. The Labute approximate surface area is 175 Å². The molecule has 4 rings (SSSR count). The van der Waals surface area contributed by atoms with E-state index in [9.17, 15) is 9.59 Å². The molecule has 0 aliphatic rings. The second kappa shape index (κ2) is 8.38. The molecule has 0 fully saturated rings. The van der Waals surface area contributed by atoms with E-state index in [1.54, 1.807) is 18.2 Å². The molecule has 0 aliphatic heterocycles. The molecule has 0 saturated heterocycles. The maximum Gasteiger partial charge on any atom is 0.262 e. The summed E-state index contributed by atoms with van der Waals surface area (Å²) in [5.74, 6) is -0.426. The Kier molecular flexibility index (Phi) is 5.50. The van der Waals surface area contributed by atoms with Crippen LogP contribution in [-0.4, -0.2) is 21.7 Å². The molecule has 2 aromatic heterocycles. The van der Waals surface area contributed by atoms with Crippen LogP contribution in [0.1, 0.15) is 5.56 Å². The number of carbonyl (C=O) groups excluding carboxylic acids is 1. The summed E-state index contributed by atoms with van der Waals surface area (Å²) in [6, 6.07) is 18.7. The van der Waals surface area contributed by atoms with Crippen molar-refractivity contribution in [2.24, 2.45) is 5.10 Å². The number of hydrogen-bond acceptors (Lipinski definition) is 5. The van der Waals surface area contributed by atoms with Crippen molar-refractivity contribution in [2.75, 3.05) is 0 Å². The van der Waals surface area contributed by atoms with E-state index in [0.717, 1.165) is 16.0 Å². The van der Waals surface area contributed by atoms with Crippen LogP contribution >= 0.6 is 22.9 Å². The Morgan fingerprint density at radius 2 is 2.00 bits per heavy atom. The first kappa shape index (κ1) is 19.0. The van der Waals surface area contributed by atoms with Gasteiger partial charge in [0.05, 0.1) is 17.9 Å². The maximum atomic E-state index is 12.7. The third-order valence-corrected chi connectivity index (χ3v) is 5.47. The van der Waals surface area contributed by atoms with Gasteiger partial charge < -0.3 is 0 Å². The summed E-state index contributed by atoms with van der Waals surface area (Å²) in [7, 11) is 0. The number of amides is 1. The molecule has 29 heavy (non-hydrogen) atoms. The van der Waals surface area contributed by atoms with Gasteiger partial charge in [-0.1, -0.05) is 54.1 Å². The highest BCUT2D eigenvalue weighted by Crippen LogP contribution is 2.30. The minimum Gasteiger partial charge on any atom is -0.289 e. The van der Waals surface area contributed by atoms with Crippen LogP contribution in [-0.2, 0) is 11.3 Å². The maximum absolute atomic E-state index is 12.7. The minimum atomic E-state index is -0.426. The lowest BCUT2D eigenvalue weighted by Gasteiger charge is -2.03. The number of hydrazone groups is 1. The molecule has 2 aromatic carbocycles. The van der Waals surface area contributed by atoms with Gasteiger partial charge in [-0.05, 0) is 29.3 Å². The van der Waals surface area contributed by atoms with E-state index in [1.165, 1.54) is 28.4 Å². The number of benzene rings is 2. The summed E-state index contributed by atoms with van der Waals surface area (Å²) in [5, 5.41) is 4.97. The summed E-state index contributed by atoms with van der Waals surface area (Å²) in [6.45, 7) is -0.175.